The van der Waals surface area contributed by atoms with E-state index in [4.69, 9.17) is 17.3 Å². The molecule has 3 rings (SSSR count). The first-order chi connectivity index (χ1) is 9.29. The Bertz CT molecular complexity index is 444. The van der Waals surface area contributed by atoms with Crippen LogP contribution in [0.5, 0.6) is 0 Å². The van der Waals surface area contributed by atoms with E-state index in [0.29, 0.717) is 6.54 Å². The van der Waals surface area contributed by atoms with Gasteiger partial charge in [-0.25, -0.2) is 0 Å². The summed E-state index contributed by atoms with van der Waals surface area (Å²) in [4.78, 5) is 2.60. The van der Waals surface area contributed by atoms with Crippen LogP contribution in [-0.4, -0.2) is 12.6 Å². The number of nitrogens with two attached hydrogens (primary N) is 1. The van der Waals surface area contributed by atoms with Gasteiger partial charge in [0, 0.05) is 29.8 Å². The third-order valence-electron chi connectivity index (χ3n) is 4.83. The molecule has 1 aromatic carbocycles. The van der Waals surface area contributed by atoms with Crippen molar-refractivity contribution in [1.82, 2.24) is 0 Å². The molecule has 0 radical (unpaired) electrons. The van der Waals surface area contributed by atoms with Crippen molar-refractivity contribution in [2.45, 2.75) is 51.1 Å². The summed E-state index contributed by atoms with van der Waals surface area (Å²) in [5.41, 5.74) is 8.02. The number of fused-ring (bicyclic) bond motifs is 1. The molecule has 0 aromatic heterocycles. The van der Waals surface area contributed by atoms with Crippen molar-refractivity contribution >= 4 is 17.3 Å². The predicted molar refractivity (Wildman–Crippen MR) is 81.7 cm³/mol. The van der Waals surface area contributed by atoms with Gasteiger partial charge in [0.15, 0.2) is 0 Å². The molecule has 0 spiro atoms. The summed E-state index contributed by atoms with van der Waals surface area (Å²) >= 11 is 6.32. The van der Waals surface area contributed by atoms with Crippen LogP contribution in [-0.2, 0) is 6.54 Å². The van der Waals surface area contributed by atoms with Gasteiger partial charge in [-0.05, 0) is 49.3 Å². The molecule has 19 heavy (non-hydrogen) atoms. The molecule has 1 heterocycles. The van der Waals surface area contributed by atoms with Crippen molar-refractivity contribution in [3.8, 4) is 0 Å². The highest BCUT2D eigenvalue weighted by atomic mass is 35.5. The first kappa shape index (κ1) is 13.3. The highest BCUT2D eigenvalue weighted by Crippen LogP contribution is 2.38. The van der Waals surface area contributed by atoms with Crippen LogP contribution in [0.4, 0.5) is 5.69 Å². The monoisotopic (exact) mass is 278 g/mol. The molecule has 2 nitrogen and oxygen atoms in total. The van der Waals surface area contributed by atoms with Crippen molar-refractivity contribution < 1.29 is 0 Å². The number of hydrogen-bond acceptors (Lipinski definition) is 2. The number of anilines is 1. The van der Waals surface area contributed by atoms with E-state index in [1.54, 1.807) is 0 Å². The minimum absolute atomic E-state index is 0.519. The lowest BCUT2D eigenvalue weighted by molar-refractivity contribution is 0.244. The van der Waals surface area contributed by atoms with Gasteiger partial charge in [0.25, 0.3) is 0 Å². The Morgan fingerprint density at radius 2 is 1.95 bits per heavy atom. The van der Waals surface area contributed by atoms with Gasteiger partial charge < -0.3 is 10.6 Å². The molecule has 1 aromatic rings. The van der Waals surface area contributed by atoms with Crippen molar-refractivity contribution in [2.24, 2.45) is 11.7 Å². The molecule has 2 atom stereocenters. The summed E-state index contributed by atoms with van der Waals surface area (Å²) in [6, 6.07) is 7.14. The summed E-state index contributed by atoms with van der Waals surface area (Å²) in [6.07, 6.45) is 8.29. The molecule has 1 aliphatic heterocycles. The molecule has 1 saturated heterocycles. The Labute approximate surface area is 120 Å². The van der Waals surface area contributed by atoms with Gasteiger partial charge in [0.2, 0.25) is 0 Å². The van der Waals surface area contributed by atoms with Crippen LogP contribution in [0.3, 0.4) is 0 Å². The van der Waals surface area contributed by atoms with Gasteiger partial charge in [-0.15, -0.1) is 0 Å². The second-order valence-corrected chi connectivity index (χ2v) is 6.33. The Hall–Kier alpha value is -0.730. The highest BCUT2D eigenvalue weighted by molar-refractivity contribution is 6.31. The summed E-state index contributed by atoms with van der Waals surface area (Å²) < 4.78 is 0. The minimum Gasteiger partial charge on any atom is -0.368 e. The maximum Gasteiger partial charge on any atom is 0.0471 e. The number of benzene rings is 1. The molecule has 2 unspecified atom stereocenters. The standard InChI is InChI=1S/C16H23ClN2/c17-15-10-14(8-7-13(15)11-18)19-9-3-5-12-4-1-2-6-16(12)19/h7-8,10,12,16H,1-6,9,11,18H2. The van der Waals surface area contributed by atoms with Gasteiger partial charge in [-0.3, -0.25) is 0 Å². The summed E-state index contributed by atoms with van der Waals surface area (Å²) in [6.45, 7) is 1.70. The number of rotatable bonds is 2. The number of hydrogen-bond donors (Lipinski definition) is 1. The largest absolute Gasteiger partial charge is 0.368 e. The zero-order valence-electron chi connectivity index (χ0n) is 11.4. The fourth-order valence-electron chi connectivity index (χ4n) is 3.83. The highest BCUT2D eigenvalue weighted by Gasteiger charge is 2.33. The average Bonchev–Trinajstić information content (AvgIpc) is 2.46. The second-order valence-electron chi connectivity index (χ2n) is 5.93. The quantitative estimate of drug-likeness (QED) is 0.887. The molecule has 1 aliphatic carbocycles. The van der Waals surface area contributed by atoms with E-state index < -0.39 is 0 Å². The molecular formula is C16H23ClN2. The van der Waals surface area contributed by atoms with E-state index in [0.717, 1.165) is 22.5 Å². The van der Waals surface area contributed by atoms with E-state index in [1.165, 1.54) is 50.8 Å². The molecule has 0 amide bonds. The maximum atomic E-state index is 6.32. The molecule has 0 bridgehead atoms. The van der Waals surface area contributed by atoms with Crippen LogP contribution in [0, 0.1) is 5.92 Å². The fourth-order valence-corrected chi connectivity index (χ4v) is 4.08. The normalized spacial score (nSPS) is 27.2. The molecule has 2 aliphatic rings. The zero-order chi connectivity index (χ0) is 13.2. The molecule has 2 fully saturated rings. The van der Waals surface area contributed by atoms with Crippen LogP contribution < -0.4 is 10.6 Å². The summed E-state index contributed by atoms with van der Waals surface area (Å²) in [5, 5.41) is 0.818. The SMILES string of the molecule is NCc1ccc(N2CCCC3CCCCC32)cc1Cl. The van der Waals surface area contributed by atoms with E-state index in [9.17, 15) is 0 Å². The third kappa shape index (κ3) is 2.61. The Kier molecular flexibility index (Phi) is 3.99. The van der Waals surface area contributed by atoms with Gasteiger partial charge in [0.05, 0.1) is 0 Å². The Morgan fingerprint density at radius 3 is 2.74 bits per heavy atom. The van der Waals surface area contributed by atoms with Crippen LogP contribution in [0.2, 0.25) is 5.02 Å². The van der Waals surface area contributed by atoms with Crippen molar-refractivity contribution in [3.05, 3.63) is 28.8 Å². The molecule has 3 heteroatoms. The lowest BCUT2D eigenvalue weighted by atomic mass is 9.78. The van der Waals surface area contributed by atoms with Crippen LogP contribution in [0.25, 0.3) is 0 Å². The molecule has 104 valence electrons. The third-order valence-corrected chi connectivity index (χ3v) is 5.18. The molecular weight excluding hydrogens is 256 g/mol. The Balaban J connectivity index is 1.85. The lowest BCUT2D eigenvalue weighted by Gasteiger charge is -2.45. The van der Waals surface area contributed by atoms with Crippen LogP contribution >= 0.6 is 11.6 Å². The minimum atomic E-state index is 0.519. The smallest absolute Gasteiger partial charge is 0.0471 e. The van der Waals surface area contributed by atoms with Gasteiger partial charge >= 0.3 is 0 Å². The van der Waals surface area contributed by atoms with E-state index >= 15 is 0 Å². The van der Waals surface area contributed by atoms with Crippen molar-refractivity contribution in [2.75, 3.05) is 11.4 Å². The molecule has 2 N–H and O–H groups in total. The first-order valence-corrected chi connectivity index (χ1v) is 7.92. The number of nitrogens with zero attached hydrogens (tertiary/aromatic N) is 1. The van der Waals surface area contributed by atoms with Crippen LogP contribution in [0.15, 0.2) is 18.2 Å². The lowest BCUT2D eigenvalue weighted by Crippen LogP contribution is -2.46. The Morgan fingerprint density at radius 1 is 1.16 bits per heavy atom. The number of piperidine rings is 1. The summed E-state index contributed by atoms with van der Waals surface area (Å²) in [5.74, 6) is 0.899. The maximum absolute atomic E-state index is 6.32. The van der Waals surface area contributed by atoms with E-state index in [2.05, 4.69) is 23.1 Å². The number of halogens is 1. The average molecular weight is 279 g/mol. The van der Waals surface area contributed by atoms with Gasteiger partial charge in [-0.1, -0.05) is 30.5 Å². The van der Waals surface area contributed by atoms with Crippen LogP contribution in [0.1, 0.15) is 44.1 Å². The predicted octanol–water partition coefficient (Wildman–Crippen LogP) is 3.96. The van der Waals surface area contributed by atoms with E-state index in [-0.39, 0.29) is 0 Å². The topological polar surface area (TPSA) is 29.3 Å². The molecule has 1 saturated carbocycles. The van der Waals surface area contributed by atoms with Gasteiger partial charge in [0.1, 0.15) is 0 Å². The van der Waals surface area contributed by atoms with Gasteiger partial charge in [-0.2, -0.15) is 0 Å². The van der Waals surface area contributed by atoms with Crippen molar-refractivity contribution in [3.63, 3.8) is 0 Å². The second kappa shape index (κ2) is 5.72. The summed E-state index contributed by atoms with van der Waals surface area (Å²) in [7, 11) is 0. The first-order valence-electron chi connectivity index (χ1n) is 7.54. The van der Waals surface area contributed by atoms with E-state index in [1.807, 2.05) is 0 Å². The zero-order valence-corrected chi connectivity index (χ0v) is 12.2. The fraction of sp³-hybridized carbons (Fsp3) is 0.625. The van der Waals surface area contributed by atoms with Crippen molar-refractivity contribution in [1.29, 1.82) is 0 Å².